The number of amides is 1. The molecule has 0 bridgehead atoms. The van der Waals surface area contributed by atoms with Gasteiger partial charge in [-0.15, -0.1) is 10.2 Å². The fourth-order valence-corrected chi connectivity index (χ4v) is 4.15. The van der Waals surface area contributed by atoms with E-state index >= 15 is 0 Å². The van der Waals surface area contributed by atoms with Gasteiger partial charge in [-0.05, 0) is 38.0 Å². The van der Waals surface area contributed by atoms with Crippen molar-refractivity contribution in [3.63, 3.8) is 0 Å². The molecule has 0 saturated heterocycles. The van der Waals surface area contributed by atoms with Crippen LogP contribution in [-0.4, -0.2) is 46.6 Å². The van der Waals surface area contributed by atoms with Gasteiger partial charge in [0.1, 0.15) is 0 Å². The van der Waals surface area contributed by atoms with Crippen molar-refractivity contribution < 1.29 is 4.79 Å². The number of rotatable bonds is 11. The van der Waals surface area contributed by atoms with E-state index < -0.39 is 0 Å². The summed E-state index contributed by atoms with van der Waals surface area (Å²) in [4.78, 5) is 14.5. The topological polar surface area (TPSA) is 63.1 Å². The molecule has 3 rings (SSSR count). The molecule has 0 aliphatic rings. The standard InChI is InChI=1S/C24H31N5OS/c1-4-15-29-23(20-11-8-10-19(2)17-20)26-27-24(29)31-18-22(30)25-14-9-16-28(3)21-12-6-5-7-13-21/h5-8,10-13,17H,4,9,14-16,18H2,1-3H3,(H,25,30). The van der Waals surface area contributed by atoms with Crippen molar-refractivity contribution in [2.75, 3.05) is 30.8 Å². The maximum atomic E-state index is 12.3. The van der Waals surface area contributed by atoms with Crippen LogP contribution >= 0.6 is 11.8 Å². The van der Waals surface area contributed by atoms with Gasteiger partial charge in [-0.3, -0.25) is 4.79 Å². The van der Waals surface area contributed by atoms with Gasteiger partial charge in [0.15, 0.2) is 11.0 Å². The van der Waals surface area contributed by atoms with E-state index in [2.05, 4.69) is 76.2 Å². The molecular weight excluding hydrogens is 406 g/mol. The average molecular weight is 438 g/mol. The summed E-state index contributed by atoms with van der Waals surface area (Å²) >= 11 is 1.44. The molecule has 0 aliphatic carbocycles. The Hall–Kier alpha value is -2.80. The molecule has 0 fully saturated rings. The summed E-state index contributed by atoms with van der Waals surface area (Å²) in [5, 5.41) is 12.6. The third-order valence-electron chi connectivity index (χ3n) is 4.96. The number of hydrogen-bond acceptors (Lipinski definition) is 5. The van der Waals surface area contributed by atoms with Crippen molar-refractivity contribution in [1.82, 2.24) is 20.1 Å². The molecule has 0 aliphatic heterocycles. The van der Waals surface area contributed by atoms with Crippen molar-refractivity contribution in [2.24, 2.45) is 0 Å². The van der Waals surface area contributed by atoms with Gasteiger partial charge in [0, 0.05) is 37.9 Å². The Labute approximate surface area is 189 Å². The average Bonchev–Trinajstić information content (AvgIpc) is 3.18. The first kappa shape index (κ1) is 22.9. The number of nitrogens with one attached hydrogen (secondary N) is 1. The number of carbonyl (C=O) groups is 1. The zero-order valence-corrected chi connectivity index (χ0v) is 19.4. The lowest BCUT2D eigenvalue weighted by Crippen LogP contribution is -2.29. The van der Waals surface area contributed by atoms with Crippen LogP contribution in [0.3, 0.4) is 0 Å². The van der Waals surface area contributed by atoms with Crippen LogP contribution in [0.25, 0.3) is 11.4 Å². The molecule has 1 aromatic heterocycles. The highest BCUT2D eigenvalue weighted by molar-refractivity contribution is 7.99. The number of nitrogens with zero attached hydrogens (tertiary/aromatic N) is 4. The SMILES string of the molecule is CCCn1c(SCC(=O)NCCCN(C)c2ccccc2)nnc1-c1cccc(C)c1. The predicted octanol–water partition coefficient (Wildman–Crippen LogP) is 4.40. The number of para-hydroxylation sites is 1. The fraction of sp³-hybridized carbons (Fsp3) is 0.375. The number of thioether (sulfide) groups is 1. The predicted molar refractivity (Wildman–Crippen MR) is 129 cm³/mol. The normalized spacial score (nSPS) is 10.8. The quantitative estimate of drug-likeness (QED) is 0.356. The van der Waals surface area contributed by atoms with E-state index in [-0.39, 0.29) is 5.91 Å². The lowest BCUT2D eigenvalue weighted by atomic mass is 10.1. The van der Waals surface area contributed by atoms with Crippen molar-refractivity contribution in [1.29, 1.82) is 0 Å². The van der Waals surface area contributed by atoms with E-state index in [1.165, 1.54) is 23.0 Å². The first-order chi connectivity index (χ1) is 15.1. The van der Waals surface area contributed by atoms with E-state index in [0.29, 0.717) is 12.3 Å². The third-order valence-corrected chi connectivity index (χ3v) is 5.93. The Morgan fingerprint density at radius 3 is 2.68 bits per heavy atom. The molecule has 1 heterocycles. The van der Waals surface area contributed by atoms with Gasteiger partial charge in [0.2, 0.25) is 5.91 Å². The summed E-state index contributed by atoms with van der Waals surface area (Å²) in [5.41, 5.74) is 3.43. The highest BCUT2D eigenvalue weighted by Gasteiger charge is 2.15. The molecule has 164 valence electrons. The van der Waals surface area contributed by atoms with Crippen LogP contribution in [0.2, 0.25) is 0 Å². The number of aromatic nitrogens is 3. The van der Waals surface area contributed by atoms with Gasteiger partial charge < -0.3 is 14.8 Å². The van der Waals surface area contributed by atoms with Gasteiger partial charge >= 0.3 is 0 Å². The van der Waals surface area contributed by atoms with Gasteiger partial charge in [-0.2, -0.15) is 0 Å². The van der Waals surface area contributed by atoms with Gasteiger partial charge in [0.25, 0.3) is 0 Å². The monoisotopic (exact) mass is 437 g/mol. The molecule has 1 amide bonds. The first-order valence-electron chi connectivity index (χ1n) is 10.7. The lowest BCUT2D eigenvalue weighted by molar-refractivity contribution is -0.118. The minimum Gasteiger partial charge on any atom is -0.375 e. The zero-order valence-electron chi connectivity index (χ0n) is 18.5. The summed E-state index contributed by atoms with van der Waals surface area (Å²) in [7, 11) is 2.07. The molecular formula is C24H31N5OS. The molecule has 0 radical (unpaired) electrons. The minimum atomic E-state index is 0.0236. The molecule has 0 unspecified atom stereocenters. The van der Waals surface area contributed by atoms with E-state index in [1.54, 1.807) is 0 Å². The maximum Gasteiger partial charge on any atom is 0.230 e. The van der Waals surface area contributed by atoms with Gasteiger partial charge in [0.05, 0.1) is 5.75 Å². The van der Waals surface area contributed by atoms with E-state index in [1.807, 2.05) is 24.3 Å². The van der Waals surface area contributed by atoms with Crippen molar-refractivity contribution in [2.45, 2.75) is 38.4 Å². The Bertz CT molecular complexity index is 973. The second-order valence-corrected chi connectivity index (χ2v) is 8.52. The van der Waals surface area contributed by atoms with Crippen LogP contribution in [-0.2, 0) is 11.3 Å². The zero-order chi connectivity index (χ0) is 22.1. The number of hydrogen-bond donors (Lipinski definition) is 1. The smallest absolute Gasteiger partial charge is 0.230 e. The molecule has 31 heavy (non-hydrogen) atoms. The Morgan fingerprint density at radius 1 is 1.13 bits per heavy atom. The van der Waals surface area contributed by atoms with Crippen LogP contribution < -0.4 is 10.2 Å². The molecule has 2 aromatic carbocycles. The number of benzene rings is 2. The molecule has 1 N–H and O–H groups in total. The van der Waals surface area contributed by atoms with Crippen molar-refractivity contribution >= 4 is 23.4 Å². The van der Waals surface area contributed by atoms with Crippen LogP contribution in [0, 0.1) is 6.92 Å². The van der Waals surface area contributed by atoms with Gasteiger partial charge in [-0.25, -0.2) is 0 Å². The van der Waals surface area contributed by atoms with Crippen molar-refractivity contribution in [3.05, 3.63) is 60.2 Å². The number of anilines is 1. The van der Waals surface area contributed by atoms with E-state index in [4.69, 9.17) is 0 Å². The lowest BCUT2D eigenvalue weighted by Gasteiger charge is -2.19. The van der Waals surface area contributed by atoms with E-state index in [9.17, 15) is 4.79 Å². The fourth-order valence-electron chi connectivity index (χ4n) is 3.36. The molecule has 0 saturated carbocycles. The second-order valence-electron chi connectivity index (χ2n) is 7.58. The third kappa shape index (κ3) is 6.59. The van der Waals surface area contributed by atoms with Crippen LogP contribution in [0.1, 0.15) is 25.3 Å². The van der Waals surface area contributed by atoms with E-state index in [0.717, 1.165) is 42.5 Å². The summed E-state index contributed by atoms with van der Waals surface area (Å²) in [5.74, 6) is 1.22. The number of carbonyl (C=O) groups excluding carboxylic acids is 1. The van der Waals surface area contributed by atoms with Gasteiger partial charge in [-0.1, -0.05) is 60.6 Å². The summed E-state index contributed by atoms with van der Waals surface area (Å²) in [6.45, 7) is 6.58. The molecule has 7 heteroatoms. The summed E-state index contributed by atoms with van der Waals surface area (Å²) in [6.07, 6.45) is 1.87. The largest absolute Gasteiger partial charge is 0.375 e. The summed E-state index contributed by atoms with van der Waals surface area (Å²) in [6, 6.07) is 18.5. The molecule has 3 aromatic rings. The number of aryl methyl sites for hydroxylation is 1. The summed E-state index contributed by atoms with van der Waals surface area (Å²) < 4.78 is 2.11. The molecule has 0 spiro atoms. The maximum absolute atomic E-state index is 12.3. The highest BCUT2D eigenvalue weighted by atomic mass is 32.2. The van der Waals surface area contributed by atoms with Crippen LogP contribution in [0.5, 0.6) is 0 Å². The van der Waals surface area contributed by atoms with Crippen LogP contribution in [0.15, 0.2) is 59.8 Å². The second kappa shape index (κ2) is 11.6. The highest BCUT2D eigenvalue weighted by Crippen LogP contribution is 2.25. The minimum absolute atomic E-state index is 0.0236. The Kier molecular flexibility index (Phi) is 8.53. The Morgan fingerprint density at radius 2 is 1.94 bits per heavy atom. The Balaban J connectivity index is 1.48. The molecule has 6 nitrogen and oxygen atoms in total. The van der Waals surface area contributed by atoms with Crippen LogP contribution in [0.4, 0.5) is 5.69 Å². The first-order valence-corrected chi connectivity index (χ1v) is 11.7. The molecule has 0 atom stereocenters. The van der Waals surface area contributed by atoms with Crippen molar-refractivity contribution in [3.8, 4) is 11.4 Å².